The van der Waals surface area contributed by atoms with Crippen LogP contribution < -0.4 is 21.3 Å². The summed E-state index contributed by atoms with van der Waals surface area (Å²) in [5.74, 6) is -0.391. The molecule has 8 heteroatoms. The van der Waals surface area contributed by atoms with E-state index in [-0.39, 0.29) is 6.10 Å². The molecule has 3 rings (SSSR count). The molecule has 1 atom stereocenters. The Morgan fingerprint density at radius 1 is 1.14 bits per heavy atom. The molecule has 0 amide bonds. The molecule has 0 spiro atoms. The number of ether oxygens (including phenoxy) is 2. The van der Waals surface area contributed by atoms with E-state index in [9.17, 15) is 14.4 Å². The van der Waals surface area contributed by atoms with Gasteiger partial charge in [-0.15, -0.1) is 0 Å². The number of nitrogens with zero attached hydrogens (tertiary/aromatic N) is 2. The average Bonchev–Trinajstić information content (AvgIpc) is 2.69. The Morgan fingerprint density at radius 2 is 1.79 bits per heavy atom. The molecule has 1 aliphatic heterocycles. The maximum atomic E-state index is 13.2. The fourth-order valence-electron chi connectivity index (χ4n) is 3.65. The number of nitrogens with one attached hydrogen (secondary N) is 1. The lowest BCUT2D eigenvalue weighted by atomic mass is 9.81. The van der Waals surface area contributed by atoms with Gasteiger partial charge < -0.3 is 14.8 Å². The molecule has 0 aliphatic carbocycles. The highest BCUT2D eigenvalue weighted by molar-refractivity contribution is 5.94. The molecule has 0 saturated carbocycles. The Bertz CT molecular complexity index is 1120. The van der Waals surface area contributed by atoms with Crippen LogP contribution in [0.15, 0.2) is 45.1 Å². The van der Waals surface area contributed by atoms with Crippen molar-refractivity contribution in [1.82, 2.24) is 9.13 Å². The molecule has 0 unspecified atom stereocenters. The van der Waals surface area contributed by atoms with Crippen molar-refractivity contribution in [2.24, 2.45) is 14.1 Å². The quantitative estimate of drug-likeness (QED) is 0.790. The zero-order valence-corrected chi connectivity index (χ0v) is 17.4. The minimum absolute atomic E-state index is 0.292. The number of carbonyl (C=O) groups is 1. The molecule has 0 fully saturated rings. The van der Waals surface area contributed by atoms with Crippen molar-refractivity contribution in [2.45, 2.75) is 32.8 Å². The van der Waals surface area contributed by atoms with Gasteiger partial charge in [-0.25, -0.2) is 9.59 Å². The number of para-hydroxylation sites is 1. The van der Waals surface area contributed by atoms with Crippen molar-refractivity contribution in [3.8, 4) is 5.75 Å². The van der Waals surface area contributed by atoms with Crippen molar-refractivity contribution >= 4 is 11.8 Å². The van der Waals surface area contributed by atoms with E-state index in [2.05, 4.69) is 5.32 Å². The standard InChI is InChI=1S/C21H25N3O5/c1-11(2)29-20(26)15-12(3)22-18-17(19(25)24(5)21(27)23(18)4)16(15)13-9-7-8-10-14(13)28-6/h7-11,16,22H,1-6H3/t16-/m1/s1. The summed E-state index contributed by atoms with van der Waals surface area (Å²) in [5.41, 5.74) is 0.826. The van der Waals surface area contributed by atoms with Gasteiger partial charge in [-0.3, -0.25) is 13.9 Å². The van der Waals surface area contributed by atoms with Crippen molar-refractivity contribution in [1.29, 1.82) is 0 Å². The number of esters is 1. The van der Waals surface area contributed by atoms with Gasteiger partial charge in [-0.05, 0) is 26.8 Å². The van der Waals surface area contributed by atoms with Crippen molar-refractivity contribution in [3.05, 3.63) is 67.5 Å². The van der Waals surface area contributed by atoms with Gasteiger partial charge in [0.15, 0.2) is 0 Å². The monoisotopic (exact) mass is 399 g/mol. The van der Waals surface area contributed by atoms with Crippen LogP contribution >= 0.6 is 0 Å². The number of fused-ring (bicyclic) bond motifs is 1. The van der Waals surface area contributed by atoms with E-state index in [1.807, 2.05) is 12.1 Å². The Kier molecular flexibility index (Phi) is 5.37. The van der Waals surface area contributed by atoms with Gasteiger partial charge in [0.25, 0.3) is 5.56 Å². The van der Waals surface area contributed by atoms with Crippen molar-refractivity contribution < 1.29 is 14.3 Å². The summed E-state index contributed by atoms with van der Waals surface area (Å²) in [5, 5.41) is 3.07. The summed E-state index contributed by atoms with van der Waals surface area (Å²) in [6, 6.07) is 7.20. The van der Waals surface area contributed by atoms with E-state index in [1.165, 1.54) is 18.7 Å². The number of carbonyl (C=O) groups excluding carboxylic acids is 1. The molecule has 0 saturated heterocycles. The average molecular weight is 399 g/mol. The van der Waals surface area contributed by atoms with Gasteiger partial charge in [0.1, 0.15) is 11.6 Å². The largest absolute Gasteiger partial charge is 0.496 e. The first-order chi connectivity index (χ1) is 13.7. The Hall–Kier alpha value is -3.29. The molecule has 1 N–H and O–H groups in total. The number of benzene rings is 1. The van der Waals surface area contributed by atoms with Gasteiger partial charge in [0.2, 0.25) is 0 Å². The molecule has 0 radical (unpaired) electrons. The van der Waals surface area contributed by atoms with Crippen molar-refractivity contribution in [2.75, 3.05) is 12.4 Å². The lowest BCUT2D eigenvalue weighted by molar-refractivity contribution is -0.143. The number of hydrogen-bond acceptors (Lipinski definition) is 6. The predicted molar refractivity (Wildman–Crippen MR) is 109 cm³/mol. The second-order valence-corrected chi connectivity index (χ2v) is 7.26. The van der Waals surface area contributed by atoms with E-state index in [0.717, 1.165) is 4.57 Å². The third kappa shape index (κ3) is 3.35. The van der Waals surface area contributed by atoms with Gasteiger partial charge in [-0.2, -0.15) is 0 Å². The Labute approximate surface area is 168 Å². The summed E-state index contributed by atoms with van der Waals surface area (Å²) in [6.07, 6.45) is -0.328. The highest BCUT2D eigenvalue weighted by Gasteiger charge is 2.38. The molecule has 8 nitrogen and oxygen atoms in total. The van der Waals surface area contributed by atoms with Crippen LogP contribution in [0, 0.1) is 0 Å². The van der Waals surface area contributed by atoms with Crippen LogP contribution in [0.5, 0.6) is 5.75 Å². The van der Waals surface area contributed by atoms with Crippen LogP contribution in [-0.4, -0.2) is 28.3 Å². The summed E-state index contributed by atoms with van der Waals surface area (Å²) in [6.45, 7) is 5.25. The van der Waals surface area contributed by atoms with Crippen LogP contribution in [-0.2, 0) is 23.6 Å². The molecule has 154 valence electrons. The predicted octanol–water partition coefficient (Wildman–Crippen LogP) is 1.88. The fraction of sp³-hybridized carbons (Fsp3) is 0.381. The van der Waals surface area contributed by atoms with Crippen molar-refractivity contribution in [3.63, 3.8) is 0 Å². The highest BCUT2D eigenvalue weighted by Crippen LogP contribution is 2.43. The number of aromatic nitrogens is 2. The third-order valence-corrected chi connectivity index (χ3v) is 5.00. The van der Waals surface area contributed by atoms with E-state index in [4.69, 9.17) is 9.47 Å². The second kappa shape index (κ2) is 7.62. The topological polar surface area (TPSA) is 91.6 Å². The van der Waals surface area contributed by atoms with Gasteiger partial charge >= 0.3 is 11.7 Å². The fourth-order valence-corrected chi connectivity index (χ4v) is 3.65. The highest BCUT2D eigenvalue weighted by atomic mass is 16.5. The molecule has 0 bridgehead atoms. The first-order valence-electron chi connectivity index (χ1n) is 9.30. The third-order valence-electron chi connectivity index (χ3n) is 5.00. The number of hydrogen-bond donors (Lipinski definition) is 1. The molecule has 1 aliphatic rings. The zero-order valence-electron chi connectivity index (χ0n) is 17.4. The molecular weight excluding hydrogens is 374 g/mol. The summed E-state index contributed by atoms with van der Waals surface area (Å²) < 4.78 is 13.4. The van der Waals surface area contributed by atoms with E-state index < -0.39 is 23.1 Å². The second-order valence-electron chi connectivity index (χ2n) is 7.26. The summed E-state index contributed by atoms with van der Waals surface area (Å²) >= 11 is 0. The van der Waals surface area contributed by atoms with Crippen LogP contribution in [0.3, 0.4) is 0 Å². The van der Waals surface area contributed by atoms with E-state index >= 15 is 0 Å². The minimum atomic E-state index is -0.751. The first kappa shape index (κ1) is 20.4. The molecule has 2 aromatic rings. The number of rotatable bonds is 4. The Morgan fingerprint density at radius 3 is 2.41 bits per heavy atom. The molecule has 29 heavy (non-hydrogen) atoms. The van der Waals surface area contributed by atoms with Gasteiger partial charge in [-0.1, -0.05) is 18.2 Å². The molecule has 1 aromatic carbocycles. The van der Waals surface area contributed by atoms with Crippen LogP contribution in [0.4, 0.5) is 5.82 Å². The van der Waals surface area contributed by atoms with Crippen LogP contribution in [0.2, 0.25) is 0 Å². The number of anilines is 1. The normalized spacial score (nSPS) is 15.8. The minimum Gasteiger partial charge on any atom is -0.496 e. The summed E-state index contributed by atoms with van der Waals surface area (Å²) in [7, 11) is 4.53. The molecule has 1 aromatic heterocycles. The molecule has 2 heterocycles. The van der Waals surface area contributed by atoms with Gasteiger partial charge in [0, 0.05) is 25.4 Å². The lowest BCUT2D eigenvalue weighted by Gasteiger charge is -2.31. The lowest BCUT2D eigenvalue weighted by Crippen LogP contribution is -2.43. The first-order valence-corrected chi connectivity index (χ1v) is 9.30. The number of methoxy groups -OCH3 is 1. The van der Waals surface area contributed by atoms with Crippen LogP contribution in [0.25, 0.3) is 0 Å². The summed E-state index contributed by atoms with van der Waals surface area (Å²) in [4.78, 5) is 38.6. The maximum Gasteiger partial charge on any atom is 0.337 e. The smallest absolute Gasteiger partial charge is 0.337 e. The van der Waals surface area contributed by atoms with Crippen LogP contribution in [0.1, 0.15) is 37.8 Å². The van der Waals surface area contributed by atoms with E-state index in [1.54, 1.807) is 40.0 Å². The zero-order chi connectivity index (χ0) is 21.5. The number of allylic oxidation sites excluding steroid dienone is 1. The Balaban J connectivity index is 2.40. The molecular formula is C21H25N3O5. The maximum absolute atomic E-state index is 13.2. The van der Waals surface area contributed by atoms with E-state index in [0.29, 0.717) is 34.0 Å². The SMILES string of the molecule is COc1ccccc1[C@@H]1C(C(=O)OC(C)C)=C(C)Nc2c1c(=O)n(C)c(=O)n2C. The van der Waals surface area contributed by atoms with Gasteiger partial charge in [0.05, 0.1) is 30.3 Å².